The fourth-order valence-corrected chi connectivity index (χ4v) is 2.14. The number of nitrogens with zero attached hydrogens (tertiary/aromatic N) is 2. The van der Waals surface area contributed by atoms with Crippen molar-refractivity contribution in [3.8, 4) is 5.88 Å². The number of carbonyl (C=O) groups is 2. The zero-order chi connectivity index (χ0) is 18.1. The zero-order valence-electron chi connectivity index (χ0n) is 15.1. The number of anilines is 1. The smallest absolute Gasteiger partial charge is 0.415 e. The van der Waals surface area contributed by atoms with Gasteiger partial charge in [-0.25, -0.2) is 9.78 Å². The van der Waals surface area contributed by atoms with Gasteiger partial charge in [-0.05, 0) is 47.6 Å². The molecular formula is C17H25N3O4. The summed E-state index contributed by atoms with van der Waals surface area (Å²) >= 11 is 0. The van der Waals surface area contributed by atoms with E-state index in [2.05, 4.69) is 10.3 Å². The van der Waals surface area contributed by atoms with Gasteiger partial charge >= 0.3 is 6.09 Å². The lowest BCUT2D eigenvalue weighted by Crippen LogP contribution is -2.42. The summed E-state index contributed by atoms with van der Waals surface area (Å²) < 4.78 is 10.9. The van der Waals surface area contributed by atoms with Gasteiger partial charge in [0.1, 0.15) is 17.9 Å². The van der Waals surface area contributed by atoms with Crippen molar-refractivity contribution in [1.82, 2.24) is 10.3 Å². The van der Waals surface area contributed by atoms with Crippen LogP contribution in [0.5, 0.6) is 5.88 Å². The number of carbonyl (C=O) groups excluding carboxylic acids is 2. The third-order valence-corrected chi connectivity index (χ3v) is 3.04. The zero-order valence-corrected chi connectivity index (χ0v) is 15.1. The molecule has 2 rings (SSSR count). The van der Waals surface area contributed by atoms with Crippen LogP contribution in [0, 0.1) is 0 Å². The molecule has 24 heavy (non-hydrogen) atoms. The summed E-state index contributed by atoms with van der Waals surface area (Å²) in [5.41, 5.74) is -0.168. The lowest BCUT2D eigenvalue weighted by Gasteiger charge is -2.31. The predicted molar refractivity (Wildman–Crippen MR) is 90.5 cm³/mol. The van der Waals surface area contributed by atoms with Crippen molar-refractivity contribution in [1.29, 1.82) is 0 Å². The van der Waals surface area contributed by atoms with Crippen LogP contribution >= 0.6 is 0 Å². The summed E-state index contributed by atoms with van der Waals surface area (Å²) in [6, 6.07) is 1.60. The Labute approximate surface area is 142 Å². The second-order valence-corrected chi connectivity index (χ2v) is 7.73. The van der Waals surface area contributed by atoms with Gasteiger partial charge in [0.2, 0.25) is 5.88 Å². The van der Waals surface area contributed by atoms with Gasteiger partial charge in [0.25, 0.3) is 5.91 Å². The predicted octanol–water partition coefficient (Wildman–Crippen LogP) is 2.74. The summed E-state index contributed by atoms with van der Waals surface area (Å²) in [7, 11) is 0. The molecule has 132 valence electrons. The molecule has 1 aromatic heterocycles. The van der Waals surface area contributed by atoms with Gasteiger partial charge in [-0.1, -0.05) is 0 Å². The SMILES string of the molecule is CC(C)(C)NC(=O)c1cnc2c(c1)N(C(=O)OC(C)(C)C)CCO2. The van der Waals surface area contributed by atoms with E-state index in [1.807, 2.05) is 20.8 Å². The van der Waals surface area contributed by atoms with E-state index < -0.39 is 11.7 Å². The van der Waals surface area contributed by atoms with Crippen LogP contribution < -0.4 is 15.0 Å². The lowest BCUT2D eigenvalue weighted by molar-refractivity contribution is 0.0566. The molecule has 0 bridgehead atoms. The fraction of sp³-hybridized carbons (Fsp3) is 0.588. The van der Waals surface area contributed by atoms with Crippen molar-refractivity contribution < 1.29 is 19.1 Å². The highest BCUT2D eigenvalue weighted by atomic mass is 16.6. The number of ether oxygens (including phenoxy) is 2. The van der Waals surface area contributed by atoms with Gasteiger partial charge < -0.3 is 14.8 Å². The van der Waals surface area contributed by atoms with Gasteiger partial charge in [-0.2, -0.15) is 0 Å². The van der Waals surface area contributed by atoms with E-state index in [4.69, 9.17) is 9.47 Å². The number of aromatic nitrogens is 1. The molecule has 0 saturated carbocycles. The Morgan fingerprint density at radius 1 is 1.25 bits per heavy atom. The summed E-state index contributed by atoms with van der Waals surface area (Å²) in [6.45, 7) is 11.8. The highest BCUT2D eigenvalue weighted by molar-refractivity contribution is 5.97. The van der Waals surface area contributed by atoms with Crippen LogP contribution in [-0.2, 0) is 4.74 Å². The maximum atomic E-state index is 12.4. The van der Waals surface area contributed by atoms with Gasteiger partial charge in [0.05, 0.1) is 12.1 Å². The molecule has 0 fully saturated rings. The number of hydrogen-bond donors (Lipinski definition) is 1. The van der Waals surface area contributed by atoms with E-state index in [1.54, 1.807) is 26.8 Å². The minimum absolute atomic E-state index is 0.257. The molecular weight excluding hydrogens is 310 g/mol. The van der Waals surface area contributed by atoms with Crippen molar-refractivity contribution in [3.05, 3.63) is 17.8 Å². The van der Waals surface area contributed by atoms with Crippen molar-refractivity contribution in [2.75, 3.05) is 18.1 Å². The second-order valence-electron chi connectivity index (χ2n) is 7.73. The number of fused-ring (bicyclic) bond motifs is 1. The van der Waals surface area contributed by atoms with Crippen LogP contribution in [0.3, 0.4) is 0 Å². The Bertz CT molecular complexity index is 644. The summed E-state index contributed by atoms with van der Waals surface area (Å²) in [5, 5.41) is 2.87. The van der Waals surface area contributed by atoms with Gasteiger partial charge in [0, 0.05) is 11.7 Å². The van der Waals surface area contributed by atoms with E-state index >= 15 is 0 Å². The molecule has 0 unspecified atom stereocenters. The number of hydrogen-bond acceptors (Lipinski definition) is 5. The van der Waals surface area contributed by atoms with E-state index in [0.717, 1.165) is 0 Å². The Balaban J connectivity index is 2.29. The number of nitrogens with one attached hydrogen (secondary N) is 1. The van der Waals surface area contributed by atoms with E-state index in [-0.39, 0.29) is 11.4 Å². The molecule has 0 spiro atoms. The molecule has 1 aliphatic heterocycles. The first-order valence-corrected chi connectivity index (χ1v) is 7.92. The molecule has 0 saturated heterocycles. The molecule has 0 atom stereocenters. The topological polar surface area (TPSA) is 80.8 Å². The Kier molecular flexibility index (Phi) is 4.73. The highest BCUT2D eigenvalue weighted by Gasteiger charge is 2.30. The Hall–Kier alpha value is -2.31. The fourth-order valence-electron chi connectivity index (χ4n) is 2.14. The Morgan fingerprint density at radius 3 is 2.50 bits per heavy atom. The van der Waals surface area contributed by atoms with Crippen LogP contribution in [-0.4, -0.2) is 41.3 Å². The summed E-state index contributed by atoms with van der Waals surface area (Å²) in [5.74, 6) is 0.0620. The van der Waals surface area contributed by atoms with E-state index in [0.29, 0.717) is 30.3 Å². The quantitative estimate of drug-likeness (QED) is 0.853. The first-order chi connectivity index (χ1) is 11.0. The van der Waals surface area contributed by atoms with Crippen molar-refractivity contribution in [2.24, 2.45) is 0 Å². The molecule has 0 radical (unpaired) electrons. The lowest BCUT2D eigenvalue weighted by atomic mass is 10.1. The van der Waals surface area contributed by atoms with Crippen LogP contribution in [0.15, 0.2) is 12.3 Å². The molecule has 7 nitrogen and oxygen atoms in total. The monoisotopic (exact) mass is 335 g/mol. The third-order valence-electron chi connectivity index (χ3n) is 3.04. The second kappa shape index (κ2) is 6.30. The van der Waals surface area contributed by atoms with Crippen LogP contribution in [0.4, 0.5) is 10.5 Å². The van der Waals surface area contributed by atoms with Crippen LogP contribution in [0.25, 0.3) is 0 Å². The number of amides is 2. The molecule has 7 heteroatoms. The first kappa shape index (κ1) is 18.0. The Morgan fingerprint density at radius 2 is 1.92 bits per heavy atom. The van der Waals surface area contributed by atoms with E-state index in [1.165, 1.54) is 11.1 Å². The molecule has 1 aromatic rings. The molecule has 0 aliphatic carbocycles. The van der Waals surface area contributed by atoms with Crippen molar-refractivity contribution in [3.63, 3.8) is 0 Å². The largest absolute Gasteiger partial charge is 0.474 e. The minimum atomic E-state index is -0.607. The maximum Gasteiger partial charge on any atom is 0.415 e. The molecule has 2 heterocycles. The number of pyridine rings is 1. The summed E-state index contributed by atoms with van der Waals surface area (Å²) in [6.07, 6.45) is 0.959. The molecule has 0 aromatic carbocycles. The van der Waals surface area contributed by atoms with Gasteiger partial charge in [-0.15, -0.1) is 0 Å². The first-order valence-electron chi connectivity index (χ1n) is 7.92. The van der Waals surface area contributed by atoms with E-state index in [9.17, 15) is 9.59 Å². The number of rotatable bonds is 1. The van der Waals surface area contributed by atoms with Crippen LogP contribution in [0.1, 0.15) is 51.9 Å². The highest BCUT2D eigenvalue weighted by Crippen LogP contribution is 2.31. The van der Waals surface area contributed by atoms with Crippen LogP contribution in [0.2, 0.25) is 0 Å². The van der Waals surface area contributed by atoms with Gasteiger partial charge in [-0.3, -0.25) is 9.69 Å². The maximum absolute atomic E-state index is 12.4. The molecule has 2 amide bonds. The average Bonchev–Trinajstić information content (AvgIpc) is 2.42. The van der Waals surface area contributed by atoms with Crippen molar-refractivity contribution in [2.45, 2.75) is 52.7 Å². The van der Waals surface area contributed by atoms with Crippen molar-refractivity contribution >= 4 is 17.7 Å². The minimum Gasteiger partial charge on any atom is -0.474 e. The summed E-state index contributed by atoms with van der Waals surface area (Å²) in [4.78, 5) is 30.3. The molecule has 1 aliphatic rings. The molecule has 1 N–H and O–H groups in total. The van der Waals surface area contributed by atoms with Gasteiger partial charge in [0.15, 0.2) is 0 Å². The average molecular weight is 335 g/mol. The third kappa shape index (κ3) is 4.59. The normalized spacial score (nSPS) is 14.5. The standard InChI is InChI=1S/C17H25N3O4/c1-16(2,3)19-13(21)11-9-12-14(18-10-11)23-8-7-20(12)15(22)24-17(4,5)6/h9-10H,7-8H2,1-6H3,(H,19,21).